The van der Waals surface area contributed by atoms with Crippen LogP contribution in [0, 0.1) is 0 Å². The van der Waals surface area contributed by atoms with E-state index in [4.69, 9.17) is 28.4 Å². The first-order valence-corrected chi connectivity index (χ1v) is 42.4. The predicted octanol–water partition coefficient (Wildman–Crippen LogP) is 15.2. The first-order chi connectivity index (χ1) is 52.8. The molecular formula is C89H151NO18. The third kappa shape index (κ3) is 46.2. The number of allylic oxidation sites excluding steroid dienone is 21. The van der Waals surface area contributed by atoms with E-state index in [0.29, 0.717) is 6.42 Å². The molecule has 12 N–H and O–H groups in total. The summed E-state index contributed by atoms with van der Waals surface area (Å²) in [5.74, 6) is -0.293. The van der Waals surface area contributed by atoms with E-state index >= 15 is 0 Å². The normalized spacial score (nSPS) is 26.1. The molecule has 19 heteroatoms. The number of hydrogen-bond acceptors (Lipinski definition) is 18. The van der Waals surface area contributed by atoms with E-state index in [9.17, 15) is 61.0 Å². The van der Waals surface area contributed by atoms with Crippen molar-refractivity contribution < 1.29 is 89.4 Å². The number of rotatable bonds is 66. The highest BCUT2D eigenvalue weighted by atomic mass is 16.8. The summed E-state index contributed by atoms with van der Waals surface area (Å²) in [4.78, 5) is 13.5. The van der Waals surface area contributed by atoms with Gasteiger partial charge in [-0.3, -0.25) is 4.79 Å². The van der Waals surface area contributed by atoms with E-state index in [1.807, 2.05) is 6.08 Å². The first-order valence-electron chi connectivity index (χ1n) is 42.4. The number of ether oxygens (including phenoxy) is 6. The largest absolute Gasteiger partial charge is 0.394 e. The van der Waals surface area contributed by atoms with Gasteiger partial charge in [-0.2, -0.15) is 0 Å². The molecule has 17 atom stereocenters. The molecular weight excluding hydrogens is 1370 g/mol. The number of carbonyl (C=O) groups excluding carboxylic acids is 1. The number of unbranched alkanes of at least 4 members (excludes halogenated alkanes) is 30. The summed E-state index contributed by atoms with van der Waals surface area (Å²) >= 11 is 0. The molecule has 0 radical (unpaired) electrons. The Kier molecular flexibility index (Phi) is 61.3. The summed E-state index contributed by atoms with van der Waals surface area (Å²) in [6.07, 6.45) is 70.0. The van der Waals surface area contributed by atoms with Gasteiger partial charge in [0.15, 0.2) is 18.9 Å². The average molecular weight is 1520 g/mol. The van der Waals surface area contributed by atoms with Gasteiger partial charge in [0, 0.05) is 6.42 Å². The van der Waals surface area contributed by atoms with Gasteiger partial charge in [-0.15, -0.1) is 0 Å². The number of hydrogen-bond donors (Lipinski definition) is 12. The summed E-state index contributed by atoms with van der Waals surface area (Å²) in [6, 6.07) is -0.993. The van der Waals surface area contributed by atoms with Crippen molar-refractivity contribution in [2.24, 2.45) is 0 Å². The van der Waals surface area contributed by atoms with Gasteiger partial charge >= 0.3 is 0 Å². The number of amides is 1. The SMILES string of the molecule is CC/C=C\C/C=C\C/C=C\C/C=C\C/C=C\C/C=C\C/C=C\C/C=C\C/C=C\C/C=C\CCCCCCCCC(=O)NC(COC1OC(CO)C(OC2OC(CO)C(OC3OC(CO)C(O)C(O)C3O)C(O)C2O)C(O)C1O)C(O)/C=C/CCCCCCCCCCCCCCCCCCCCCCCCCC. The molecule has 108 heavy (non-hydrogen) atoms. The van der Waals surface area contributed by atoms with E-state index < -0.39 is 124 Å². The van der Waals surface area contributed by atoms with Crippen LogP contribution in [0.1, 0.15) is 290 Å². The lowest BCUT2D eigenvalue weighted by Gasteiger charge is -2.48. The predicted molar refractivity (Wildman–Crippen MR) is 433 cm³/mol. The van der Waals surface area contributed by atoms with Gasteiger partial charge < -0.3 is 89.9 Å². The quantitative estimate of drug-likeness (QED) is 0.0199. The van der Waals surface area contributed by atoms with Crippen LogP contribution in [0.2, 0.25) is 0 Å². The van der Waals surface area contributed by atoms with Crippen LogP contribution in [-0.2, 0) is 33.2 Å². The Morgan fingerprint density at radius 1 is 0.343 bits per heavy atom. The Bertz CT molecular complexity index is 2470. The highest BCUT2D eigenvalue weighted by Gasteiger charge is 2.54. The van der Waals surface area contributed by atoms with Gasteiger partial charge in [0.2, 0.25) is 5.91 Å². The summed E-state index contributed by atoms with van der Waals surface area (Å²) in [5, 5.41) is 121. The van der Waals surface area contributed by atoms with Crippen molar-refractivity contribution in [3.8, 4) is 0 Å². The first kappa shape index (κ1) is 98.1. The number of aliphatic hydroxyl groups is 11. The third-order valence-electron chi connectivity index (χ3n) is 20.2. The van der Waals surface area contributed by atoms with Crippen LogP contribution < -0.4 is 5.32 Å². The maximum absolute atomic E-state index is 13.5. The van der Waals surface area contributed by atoms with Crippen molar-refractivity contribution in [1.29, 1.82) is 0 Å². The van der Waals surface area contributed by atoms with Crippen LogP contribution in [0.25, 0.3) is 0 Å². The monoisotopic (exact) mass is 1520 g/mol. The minimum absolute atomic E-state index is 0.218. The van der Waals surface area contributed by atoms with Crippen LogP contribution in [-0.4, -0.2) is 193 Å². The maximum Gasteiger partial charge on any atom is 0.220 e. The van der Waals surface area contributed by atoms with Crippen molar-refractivity contribution in [2.45, 2.75) is 394 Å². The second-order valence-electron chi connectivity index (χ2n) is 29.6. The van der Waals surface area contributed by atoms with Crippen LogP contribution in [0.5, 0.6) is 0 Å². The number of nitrogens with one attached hydrogen (secondary N) is 1. The molecule has 620 valence electrons. The zero-order valence-electron chi connectivity index (χ0n) is 66.5. The average Bonchev–Trinajstić information content (AvgIpc) is 0.779. The molecule has 3 fully saturated rings. The molecule has 0 saturated carbocycles. The molecule has 0 aromatic heterocycles. The molecule has 3 aliphatic rings. The minimum atomic E-state index is -1.99. The molecule has 3 heterocycles. The Labute approximate surface area is 651 Å². The lowest BCUT2D eigenvalue weighted by Crippen LogP contribution is -2.66. The summed E-state index contributed by atoms with van der Waals surface area (Å²) in [5.41, 5.74) is 0. The molecule has 0 aromatic rings. The van der Waals surface area contributed by atoms with Gasteiger partial charge in [0.1, 0.15) is 73.2 Å². The molecule has 3 aliphatic heterocycles. The van der Waals surface area contributed by atoms with Crippen molar-refractivity contribution >= 4 is 5.91 Å². The van der Waals surface area contributed by atoms with Crippen LogP contribution in [0.4, 0.5) is 0 Å². The van der Waals surface area contributed by atoms with E-state index in [1.54, 1.807) is 6.08 Å². The van der Waals surface area contributed by atoms with Gasteiger partial charge in [-0.25, -0.2) is 0 Å². The standard InChI is InChI=1S/C89H151NO18/c1-3-5-7-9-11-13-15-17-19-21-23-25-27-29-31-32-33-34-35-36-37-38-39-40-41-43-45-47-49-51-53-55-57-59-61-63-65-67-77(95)90-72(73(94)66-64-62-60-58-56-54-52-50-48-46-44-42-30-28-26-24-22-20-18-16-14-12-10-8-6-4-2)71-103-87-83(101)80(98)85(75(69-92)105-87)108-89-84(102)81(99)86(76(70-93)106-89)107-88-82(100)79(97)78(96)74(68-91)104-88/h5,7,11,13,17,19,23,25,29,31,33-34,36-37,39-40,43,45,49,51,64,66,72-76,78-89,91-94,96-102H,3-4,6,8-10,12,14-16,18,20-22,24,26-28,30,32,35,38,41-42,44,46-48,50,52-63,65,67-71H2,1-2H3,(H,90,95)/b7-5-,13-11-,19-17-,25-23-,31-29-,34-33-,37-36-,40-39-,45-43-,51-49-,66-64+. The van der Waals surface area contributed by atoms with Crippen molar-refractivity contribution in [1.82, 2.24) is 5.32 Å². The van der Waals surface area contributed by atoms with Crippen LogP contribution in [0.3, 0.4) is 0 Å². The fraction of sp³-hybridized carbons (Fsp3) is 0.742. The summed E-state index contributed by atoms with van der Waals surface area (Å²) in [7, 11) is 0. The lowest BCUT2D eigenvalue weighted by atomic mass is 9.96. The highest BCUT2D eigenvalue weighted by Crippen LogP contribution is 2.33. The minimum Gasteiger partial charge on any atom is -0.394 e. The van der Waals surface area contributed by atoms with Gasteiger partial charge in [-0.05, 0) is 96.3 Å². The Morgan fingerprint density at radius 3 is 1.00 bits per heavy atom. The Balaban J connectivity index is 1.37. The second-order valence-corrected chi connectivity index (χ2v) is 29.6. The maximum atomic E-state index is 13.5. The smallest absolute Gasteiger partial charge is 0.220 e. The van der Waals surface area contributed by atoms with E-state index in [-0.39, 0.29) is 18.9 Å². The summed E-state index contributed by atoms with van der Waals surface area (Å²) < 4.78 is 34.5. The van der Waals surface area contributed by atoms with Gasteiger partial charge in [0.05, 0.1) is 38.6 Å². The van der Waals surface area contributed by atoms with Gasteiger partial charge in [-0.1, -0.05) is 321 Å². The van der Waals surface area contributed by atoms with Crippen LogP contribution >= 0.6 is 0 Å². The third-order valence-corrected chi connectivity index (χ3v) is 20.2. The lowest BCUT2D eigenvalue weighted by molar-refractivity contribution is -0.379. The Hall–Kier alpha value is -4.07. The fourth-order valence-corrected chi connectivity index (χ4v) is 13.5. The molecule has 0 aliphatic carbocycles. The van der Waals surface area contributed by atoms with E-state index in [0.717, 1.165) is 128 Å². The zero-order chi connectivity index (χ0) is 78.1. The second kappa shape index (κ2) is 67.4. The van der Waals surface area contributed by atoms with E-state index in [1.165, 1.54) is 135 Å². The summed E-state index contributed by atoms with van der Waals surface area (Å²) in [6.45, 7) is 1.63. The topological polar surface area (TPSA) is 307 Å². The molecule has 17 unspecified atom stereocenters. The molecule has 3 saturated heterocycles. The molecule has 1 amide bonds. The van der Waals surface area contributed by atoms with Gasteiger partial charge in [0.25, 0.3) is 0 Å². The molecule has 0 aromatic carbocycles. The van der Waals surface area contributed by atoms with Crippen molar-refractivity contribution in [3.05, 3.63) is 134 Å². The number of carbonyl (C=O) groups is 1. The molecule has 3 rings (SSSR count). The van der Waals surface area contributed by atoms with E-state index in [2.05, 4.69) is 141 Å². The Morgan fingerprint density at radius 2 is 0.639 bits per heavy atom. The highest BCUT2D eigenvalue weighted by molar-refractivity contribution is 5.76. The fourth-order valence-electron chi connectivity index (χ4n) is 13.5. The molecule has 0 bridgehead atoms. The van der Waals surface area contributed by atoms with Crippen molar-refractivity contribution in [3.63, 3.8) is 0 Å². The molecule has 19 nitrogen and oxygen atoms in total. The van der Waals surface area contributed by atoms with Crippen molar-refractivity contribution in [2.75, 3.05) is 26.4 Å². The number of aliphatic hydroxyl groups excluding tert-OH is 11. The zero-order valence-corrected chi connectivity index (χ0v) is 66.5. The van der Waals surface area contributed by atoms with Crippen LogP contribution in [0.15, 0.2) is 134 Å². The molecule has 0 spiro atoms.